The van der Waals surface area contributed by atoms with Crippen molar-refractivity contribution in [2.75, 3.05) is 20.3 Å². The minimum atomic E-state index is -2.93. The molecule has 0 aromatic heterocycles. The van der Waals surface area contributed by atoms with Crippen molar-refractivity contribution < 1.29 is 28.2 Å². The largest absolute Gasteiger partial charge is 0.508 e. The van der Waals surface area contributed by atoms with Gasteiger partial charge < -0.3 is 18.6 Å². The van der Waals surface area contributed by atoms with Gasteiger partial charge in [0.15, 0.2) is 10.9 Å². The van der Waals surface area contributed by atoms with Gasteiger partial charge in [0, 0.05) is 0 Å². The maximum absolute atomic E-state index is 13.1. The predicted octanol–water partition coefficient (Wildman–Crippen LogP) is 4.28. The minimum Gasteiger partial charge on any atom is -0.468 e. The third-order valence-corrected chi connectivity index (χ3v) is 12.1. The highest BCUT2D eigenvalue weighted by Gasteiger charge is 2.56. The van der Waals surface area contributed by atoms with Gasteiger partial charge in [-0.1, -0.05) is 81.4 Å². The average Bonchev–Trinajstić information content (AvgIpc) is 3.23. The zero-order valence-corrected chi connectivity index (χ0v) is 22.1. The smallest absolute Gasteiger partial charge is 0.468 e. The lowest BCUT2D eigenvalue weighted by Crippen LogP contribution is -2.68. The maximum Gasteiger partial charge on any atom is 0.508 e. The monoisotopic (exact) mass is 500 g/mol. The van der Waals surface area contributed by atoms with Crippen LogP contribution in [0.5, 0.6) is 0 Å². The molecule has 0 radical (unpaired) electrons. The average molecular weight is 501 g/mol. The Labute approximate surface area is 206 Å². The van der Waals surface area contributed by atoms with E-state index in [4.69, 9.17) is 18.6 Å². The summed E-state index contributed by atoms with van der Waals surface area (Å²) >= 11 is 1.24. The zero-order valence-electron chi connectivity index (χ0n) is 20.3. The fourth-order valence-corrected chi connectivity index (χ4v) is 10.1. The van der Waals surface area contributed by atoms with Crippen LogP contribution in [0.15, 0.2) is 72.1 Å². The van der Waals surface area contributed by atoms with Gasteiger partial charge in [0.1, 0.15) is 0 Å². The number of hydrogen-bond donors (Lipinski definition) is 0. The normalized spacial score (nSPS) is 20.1. The van der Waals surface area contributed by atoms with Crippen LogP contribution < -0.4 is 10.4 Å². The van der Waals surface area contributed by atoms with Crippen LogP contribution in [-0.4, -0.2) is 51.6 Å². The molecule has 1 heterocycles. The Morgan fingerprint density at radius 1 is 1.00 bits per heavy atom. The Kier molecular flexibility index (Phi) is 8.28. The standard InChI is InChI=1S/C26H32O6SSi/c1-6-30-24(28)32-22-17-18-33-26(22,23(27)29-5)19-31-34(25(2,3)4,20-13-9-7-10-14-20)21-15-11-8-12-16-21/h7-18,22H,6,19H2,1-5H3/t22-,26-/m1/s1. The number of rotatable bonds is 8. The number of carbonyl (C=O) groups is 2. The van der Waals surface area contributed by atoms with E-state index in [1.165, 1.54) is 18.9 Å². The minimum absolute atomic E-state index is 0.00527. The highest BCUT2D eigenvalue weighted by molar-refractivity contribution is 8.04. The summed E-state index contributed by atoms with van der Waals surface area (Å²) in [4.78, 5) is 25.3. The second kappa shape index (κ2) is 10.8. The Hall–Kier alpha value is -2.55. The summed E-state index contributed by atoms with van der Waals surface area (Å²) in [6.45, 7) is 8.35. The van der Waals surface area contributed by atoms with Crippen LogP contribution in [0.3, 0.4) is 0 Å². The van der Waals surface area contributed by atoms with Gasteiger partial charge in [-0.15, -0.1) is 11.8 Å². The van der Waals surface area contributed by atoms with Crippen molar-refractivity contribution in [3.05, 3.63) is 72.1 Å². The van der Waals surface area contributed by atoms with E-state index < -0.39 is 31.3 Å². The third kappa shape index (κ3) is 4.94. The molecule has 2 atom stereocenters. The van der Waals surface area contributed by atoms with Crippen molar-refractivity contribution in [2.24, 2.45) is 0 Å². The first-order valence-electron chi connectivity index (χ1n) is 11.2. The number of ether oxygens (including phenoxy) is 3. The molecule has 0 saturated heterocycles. The number of thioether (sulfide) groups is 1. The quantitative estimate of drug-likeness (QED) is 0.396. The molecule has 6 nitrogen and oxygen atoms in total. The number of hydrogen-bond acceptors (Lipinski definition) is 7. The first kappa shape index (κ1) is 26.1. The SMILES string of the molecule is CCOC(=O)O[C@@H]1C=CS[C@@]1(CO[Si](c1ccccc1)(c1ccccc1)C(C)(C)C)C(=O)OC. The van der Waals surface area contributed by atoms with Crippen LogP contribution in [0.1, 0.15) is 27.7 Å². The lowest BCUT2D eigenvalue weighted by Gasteiger charge is -2.45. The third-order valence-electron chi connectivity index (χ3n) is 5.93. The molecule has 0 fully saturated rings. The van der Waals surface area contributed by atoms with E-state index >= 15 is 0 Å². The summed E-state index contributed by atoms with van der Waals surface area (Å²) < 4.78 is 21.4. The van der Waals surface area contributed by atoms with Gasteiger partial charge in [-0.3, -0.25) is 4.79 Å². The molecule has 3 rings (SSSR count). The Bertz CT molecular complexity index is 965. The van der Waals surface area contributed by atoms with Crippen molar-refractivity contribution in [3.8, 4) is 0 Å². The van der Waals surface area contributed by atoms with E-state index in [1.54, 1.807) is 18.4 Å². The summed E-state index contributed by atoms with van der Waals surface area (Å²) in [5.41, 5.74) is 0. The molecule has 0 N–H and O–H groups in total. The van der Waals surface area contributed by atoms with Crippen LogP contribution in [0.25, 0.3) is 0 Å². The highest BCUT2D eigenvalue weighted by Crippen LogP contribution is 2.43. The Balaban J connectivity index is 2.08. The van der Waals surface area contributed by atoms with Gasteiger partial charge in [0.2, 0.25) is 0 Å². The topological polar surface area (TPSA) is 71.1 Å². The van der Waals surface area contributed by atoms with E-state index in [1.807, 2.05) is 36.4 Å². The fraction of sp³-hybridized carbons (Fsp3) is 0.385. The Morgan fingerprint density at radius 3 is 2.03 bits per heavy atom. The fourth-order valence-electron chi connectivity index (χ4n) is 4.33. The van der Waals surface area contributed by atoms with Crippen LogP contribution in [0.4, 0.5) is 4.79 Å². The van der Waals surface area contributed by atoms with E-state index in [0.717, 1.165) is 10.4 Å². The number of carbonyl (C=O) groups excluding carboxylic acids is 2. The molecular formula is C26H32O6SSi. The number of esters is 1. The Morgan fingerprint density at radius 2 is 1.56 bits per heavy atom. The molecular weight excluding hydrogens is 468 g/mol. The molecule has 2 aromatic carbocycles. The second-order valence-corrected chi connectivity index (χ2v) is 14.5. The highest BCUT2D eigenvalue weighted by atomic mass is 32.2. The lowest BCUT2D eigenvalue weighted by molar-refractivity contribution is -0.147. The van der Waals surface area contributed by atoms with Gasteiger partial charge in [0.05, 0.1) is 20.3 Å². The summed E-state index contributed by atoms with van der Waals surface area (Å²) in [6, 6.07) is 20.3. The summed E-state index contributed by atoms with van der Waals surface area (Å²) in [6.07, 6.45) is -0.0478. The molecule has 8 heteroatoms. The lowest BCUT2D eigenvalue weighted by atomic mass is 10.0. The van der Waals surface area contributed by atoms with Crippen LogP contribution in [0, 0.1) is 0 Å². The van der Waals surface area contributed by atoms with E-state index in [9.17, 15) is 9.59 Å². The second-order valence-electron chi connectivity index (χ2n) is 9.00. The van der Waals surface area contributed by atoms with Gasteiger partial charge >= 0.3 is 12.1 Å². The summed E-state index contributed by atoms with van der Waals surface area (Å²) in [5.74, 6) is -0.519. The molecule has 0 amide bonds. The summed E-state index contributed by atoms with van der Waals surface area (Å²) in [7, 11) is -1.60. The first-order valence-corrected chi connectivity index (χ1v) is 14.0. The zero-order chi connectivity index (χ0) is 24.8. The van der Waals surface area contributed by atoms with Gasteiger partial charge in [-0.25, -0.2) is 4.79 Å². The van der Waals surface area contributed by atoms with Gasteiger partial charge in [-0.2, -0.15) is 0 Å². The molecule has 0 saturated carbocycles. The summed E-state index contributed by atoms with van der Waals surface area (Å²) in [5, 5.41) is 3.65. The molecule has 0 bridgehead atoms. The van der Waals surface area contributed by atoms with Crippen molar-refractivity contribution >= 4 is 42.6 Å². The van der Waals surface area contributed by atoms with Gasteiger partial charge in [-0.05, 0) is 33.8 Å². The van der Waals surface area contributed by atoms with Gasteiger partial charge in [0.25, 0.3) is 8.32 Å². The molecule has 0 spiro atoms. The van der Waals surface area contributed by atoms with Crippen LogP contribution in [-0.2, 0) is 23.4 Å². The van der Waals surface area contributed by atoms with E-state index in [0.29, 0.717) is 0 Å². The molecule has 34 heavy (non-hydrogen) atoms. The predicted molar refractivity (Wildman–Crippen MR) is 137 cm³/mol. The molecule has 2 aromatic rings. The number of methoxy groups -OCH3 is 1. The number of benzene rings is 2. The van der Waals surface area contributed by atoms with Crippen molar-refractivity contribution in [1.82, 2.24) is 0 Å². The molecule has 1 aliphatic heterocycles. The van der Waals surface area contributed by atoms with Crippen molar-refractivity contribution in [2.45, 2.75) is 43.6 Å². The van der Waals surface area contributed by atoms with E-state index in [-0.39, 0.29) is 18.3 Å². The van der Waals surface area contributed by atoms with Crippen molar-refractivity contribution in [1.29, 1.82) is 0 Å². The first-order chi connectivity index (χ1) is 16.2. The molecule has 1 aliphatic rings. The maximum atomic E-state index is 13.1. The van der Waals surface area contributed by atoms with Crippen molar-refractivity contribution in [3.63, 3.8) is 0 Å². The van der Waals surface area contributed by atoms with Crippen LogP contribution in [0.2, 0.25) is 5.04 Å². The van der Waals surface area contributed by atoms with E-state index in [2.05, 4.69) is 45.0 Å². The molecule has 0 unspecified atom stereocenters. The van der Waals surface area contributed by atoms with Crippen LogP contribution >= 0.6 is 11.8 Å². The molecule has 0 aliphatic carbocycles. The molecule has 182 valence electrons.